The summed E-state index contributed by atoms with van der Waals surface area (Å²) in [5.74, 6) is 0. The second-order valence-electron chi connectivity index (χ2n) is 3.89. The molecule has 0 bridgehead atoms. The van der Waals surface area contributed by atoms with Gasteiger partial charge < -0.3 is 17.0 Å². The third kappa shape index (κ3) is 4.26. The van der Waals surface area contributed by atoms with E-state index >= 15 is 0 Å². The normalized spacial score (nSPS) is 10.1. The molecule has 2 heteroatoms. The zero-order chi connectivity index (χ0) is 11.9. The molecule has 0 N–H and O–H groups in total. The SMILES string of the molecule is C=CC[P+](CC=C)(CC=C)c1ccccc1.[Br-]. The van der Waals surface area contributed by atoms with E-state index in [-0.39, 0.29) is 17.0 Å². The molecular formula is C15H20BrP. The molecule has 0 saturated heterocycles. The second-order valence-corrected chi connectivity index (χ2v) is 7.80. The van der Waals surface area contributed by atoms with Crippen molar-refractivity contribution in [3.05, 3.63) is 68.3 Å². The topological polar surface area (TPSA) is 0 Å². The first-order valence-corrected chi connectivity index (χ1v) is 7.88. The van der Waals surface area contributed by atoms with Crippen LogP contribution >= 0.6 is 7.26 Å². The Kier molecular flexibility index (Phi) is 8.12. The number of halogens is 1. The van der Waals surface area contributed by atoms with Crippen LogP contribution in [0, 0.1) is 0 Å². The van der Waals surface area contributed by atoms with E-state index in [2.05, 4.69) is 50.1 Å². The van der Waals surface area contributed by atoms with Crippen molar-refractivity contribution < 1.29 is 17.0 Å². The highest BCUT2D eigenvalue weighted by atomic mass is 79.9. The number of allylic oxidation sites excluding steroid dienone is 3. The fourth-order valence-corrected chi connectivity index (χ4v) is 5.39. The molecule has 0 atom stereocenters. The molecule has 0 amide bonds. The first kappa shape index (κ1) is 16.4. The van der Waals surface area contributed by atoms with Crippen molar-refractivity contribution in [2.24, 2.45) is 0 Å². The van der Waals surface area contributed by atoms with Gasteiger partial charge in [-0.25, -0.2) is 0 Å². The van der Waals surface area contributed by atoms with Gasteiger partial charge in [-0.3, -0.25) is 0 Å². The Hall–Kier alpha value is -0.650. The maximum atomic E-state index is 3.89. The lowest BCUT2D eigenvalue weighted by molar-refractivity contribution is -0.00000331. The van der Waals surface area contributed by atoms with Crippen LogP contribution in [0.5, 0.6) is 0 Å². The lowest BCUT2D eigenvalue weighted by Gasteiger charge is -2.23. The van der Waals surface area contributed by atoms with E-state index in [1.54, 1.807) is 0 Å². The molecule has 0 saturated carbocycles. The highest BCUT2D eigenvalue weighted by molar-refractivity contribution is 7.83. The van der Waals surface area contributed by atoms with E-state index in [9.17, 15) is 0 Å². The minimum absolute atomic E-state index is 0. The Bertz CT molecular complexity index is 330. The van der Waals surface area contributed by atoms with Crippen LogP contribution in [-0.4, -0.2) is 18.5 Å². The van der Waals surface area contributed by atoms with Gasteiger partial charge in [-0.05, 0) is 12.1 Å². The molecule has 0 spiro atoms. The molecule has 0 radical (unpaired) electrons. The van der Waals surface area contributed by atoms with E-state index in [4.69, 9.17) is 0 Å². The Morgan fingerprint density at radius 1 is 0.824 bits per heavy atom. The Balaban J connectivity index is 0.00000256. The van der Waals surface area contributed by atoms with Gasteiger partial charge in [0.1, 0.15) is 0 Å². The van der Waals surface area contributed by atoms with Crippen molar-refractivity contribution in [3.8, 4) is 0 Å². The van der Waals surface area contributed by atoms with Gasteiger partial charge in [-0.2, -0.15) is 0 Å². The van der Waals surface area contributed by atoms with Gasteiger partial charge in [0, 0.05) is 0 Å². The van der Waals surface area contributed by atoms with Gasteiger partial charge in [0.2, 0.25) is 0 Å². The molecule has 0 heterocycles. The molecule has 0 nitrogen and oxygen atoms in total. The molecule has 17 heavy (non-hydrogen) atoms. The summed E-state index contributed by atoms with van der Waals surface area (Å²) in [6, 6.07) is 10.7. The van der Waals surface area contributed by atoms with Crippen LogP contribution in [0.2, 0.25) is 0 Å². The summed E-state index contributed by atoms with van der Waals surface area (Å²) in [5, 5.41) is 1.45. The fourth-order valence-electron chi connectivity index (χ4n) is 2.03. The first-order chi connectivity index (χ1) is 7.79. The van der Waals surface area contributed by atoms with Gasteiger partial charge in [-0.1, -0.05) is 56.2 Å². The molecule has 92 valence electrons. The second kappa shape index (κ2) is 8.44. The summed E-state index contributed by atoms with van der Waals surface area (Å²) in [6.07, 6.45) is 9.30. The van der Waals surface area contributed by atoms with Crippen molar-refractivity contribution in [1.29, 1.82) is 0 Å². The van der Waals surface area contributed by atoms with Gasteiger partial charge in [0.25, 0.3) is 0 Å². The lowest BCUT2D eigenvalue weighted by atomic mass is 10.4. The smallest absolute Gasteiger partial charge is 0.0949 e. The minimum atomic E-state index is -1.20. The predicted molar refractivity (Wildman–Crippen MR) is 78.2 cm³/mol. The molecule has 1 aromatic rings. The molecule has 0 fully saturated rings. The van der Waals surface area contributed by atoms with Crippen molar-refractivity contribution in [2.45, 2.75) is 0 Å². The number of hydrogen-bond acceptors (Lipinski definition) is 0. The maximum Gasteiger partial charge on any atom is 0.0949 e. The van der Waals surface area contributed by atoms with E-state index in [1.165, 1.54) is 5.30 Å². The van der Waals surface area contributed by atoms with E-state index in [0.717, 1.165) is 18.5 Å². The minimum Gasteiger partial charge on any atom is -1.00 e. The average Bonchev–Trinajstić information content (AvgIpc) is 2.31. The van der Waals surface area contributed by atoms with Crippen molar-refractivity contribution in [3.63, 3.8) is 0 Å². The molecule has 1 rings (SSSR count). The quantitative estimate of drug-likeness (QED) is 0.518. The largest absolute Gasteiger partial charge is 1.00 e. The molecule has 0 unspecified atom stereocenters. The summed E-state index contributed by atoms with van der Waals surface area (Å²) in [5.41, 5.74) is 0. The Labute approximate surface area is 116 Å². The van der Waals surface area contributed by atoms with Gasteiger partial charge >= 0.3 is 0 Å². The third-order valence-corrected chi connectivity index (χ3v) is 7.00. The van der Waals surface area contributed by atoms with Gasteiger partial charge in [0.05, 0.1) is 31.1 Å². The standard InChI is InChI=1S/C15H20P.BrH/c1-4-12-16(13-5-2,14-6-3)15-10-8-7-9-11-15;/h4-11H,1-3,12-14H2;1H/q+1;/p-1. The Morgan fingerprint density at radius 3 is 1.59 bits per heavy atom. The molecule has 0 aliphatic carbocycles. The molecular weight excluding hydrogens is 291 g/mol. The number of rotatable bonds is 7. The zero-order valence-corrected chi connectivity index (χ0v) is 12.7. The van der Waals surface area contributed by atoms with Crippen LogP contribution in [0.25, 0.3) is 0 Å². The first-order valence-electron chi connectivity index (χ1n) is 5.53. The number of benzene rings is 1. The summed E-state index contributed by atoms with van der Waals surface area (Å²) in [7, 11) is -1.20. The van der Waals surface area contributed by atoms with Crippen molar-refractivity contribution in [2.75, 3.05) is 18.5 Å². The molecule has 0 aromatic heterocycles. The van der Waals surface area contributed by atoms with E-state index in [0.29, 0.717) is 0 Å². The van der Waals surface area contributed by atoms with Crippen LogP contribution in [0.15, 0.2) is 68.3 Å². The van der Waals surface area contributed by atoms with Crippen molar-refractivity contribution >= 4 is 12.6 Å². The van der Waals surface area contributed by atoms with Crippen LogP contribution in [0.1, 0.15) is 0 Å². The highest BCUT2D eigenvalue weighted by Gasteiger charge is 2.35. The zero-order valence-electron chi connectivity index (χ0n) is 10.2. The number of hydrogen-bond donors (Lipinski definition) is 0. The maximum absolute atomic E-state index is 3.89. The van der Waals surface area contributed by atoms with Crippen molar-refractivity contribution in [1.82, 2.24) is 0 Å². The molecule has 0 aliphatic rings. The highest BCUT2D eigenvalue weighted by Crippen LogP contribution is 2.57. The fraction of sp³-hybridized carbons (Fsp3) is 0.200. The summed E-state index contributed by atoms with van der Waals surface area (Å²) >= 11 is 0. The van der Waals surface area contributed by atoms with Gasteiger partial charge in [-0.15, -0.1) is 0 Å². The average molecular weight is 311 g/mol. The summed E-state index contributed by atoms with van der Waals surface area (Å²) in [6.45, 7) is 11.7. The summed E-state index contributed by atoms with van der Waals surface area (Å²) in [4.78, 5) is 0. The van der Waals surface area contributed by atoms with E-state index in [1.807, 2.05) is 18.2 Å². The third-order valence-electron chi connectivity index (χ3n) is 2.74. The predicted octanol–water partition coefficient (Wildman–Crippen LogP) is 0.891. The Morgan fingerprint density at radius 2 is 1.24 bits per heavy atom. The summed E-state index contributed by atoms with van der Waals surface area (Å²) < 4.78 is 0. The molecule has 0 aliphatic heterocycles. The van der Waals surface area contributed by atoms with Crippen LogP contribution < -0.4 is 22.3 Å². The van der Waals surface area contributed by atoms with Crippen LogP contribution in [0.4, 0.5) is 0 Å². The van der Waals surface area contributed by atoms with Crippen LogP contribution in [-0.2, 0) is 0 Å². The van der Waals surface area contributed by atoms with Crippen LogP contribution in [0.3, 0.4) is 0 Å². The van der Waals surface area contributed by atoms with Gasteiger partial charge in [0.15, 0.2) is 0 Å². The molecule has 1 aromatic carbocycles. The lowest BCUT2D eigenvalue weighted by Crippen LogP contribution is -3.00. The monoisotopic (exact) mass is 310 g/mol. The van der Waals surface area contributed by atoms with E-state index < -0.39 is 7.26 Å².